The number of rotatable bonds is 3. The first-order chi connectivity index (χ1) is 8.63. The Labute approximate surface area is 110 Å². The molecule has 100 valence electrons. The summed E-state index contributed by atoms with van der Waals surface area (Å²) in [5.41, 5.74) is 2.90. The van der Waals surface area contributed by atoms with E-state index < -0.39 is 0 Å². The van der Waals surface area contributed by atoms with Crippen LogP contribution in [-0.2, 0) is 6.42 Å². The van der Waals surface area contributed by atoms with Gasteiger partial charge in [0.15, 0.2) is 0 Å². The number of ether oxygens (including phenoxy) is 1. The van der Waals surface area contributed by atoms with E-state index in [4.69, 9.17) is 4.74 Å². The molecule has 1 aromatic rings. The standard InChI is InChI=1S/C15H24N2O/c1-12-8-13(4-5-14(12)18-3)9-15(2)10-16-6-7-17-11-15/h4-5,8,16-17H,6-7,9-11H2,1-3H3. The molecule has 1 heterocycles. The molecule has 0 saturated carbocycles. The SMILES string of the molecule is COc1ccc(CC2(C)CNCCNC2)cc1C. The third-order valence-electron chi connectivity index (χ3n) is 3.67. The van der Waals surface area contributed by atoms with Crippen LogP contribution < -0.4 is 15.4 Å². The third-order valence-corrected chi connectivity index (χ3v) is 3.67. The Morgan fingerprint density at radius 3 is 2.44 bits per heavy atom. The summed E-state index contributed by atoms with van der Waals surface area (Å²) >= 11 is 0. The van der Waals surface area contributed by atoms with Crippen molar-refractivity contribution in [3.05, 3.63) is 29.3 Å². The van der Waals surface area contributed by atoms with Crippen molar-refractivity contribution in [2.75, 3.05) is 33.3 Å². The molecule has 0 bridgehead atoms. The average molecular weight is 248 g/mol. The molecule has 0 unspecified atom stereocenters. The fourth-order valence-corrected chi connectivity index (χ4v) is 2.69. The van der Waals surface area contributed by atoms with Gasteiger partial charge in [0.2, 0.25) is 0 Å². The molecule has 0 spiro atoms. The zero-order chi connectivity index (χ0) is 13.0. The van der Waals surface area contributed by atoms with Crippen LogP contribution in [0.5, 0.6) is 5.75 Å². The molecule has 0 aromatic heterocycles. The van der Waals surface area contributed by atoms with Crippen molar-refractivity contribution < 1.29 is 4.74 Å². The highest BCUT2D eigenvalue weighted by molar-refractivity contribution is 5.36. The molecule has 18 heavy (non-hydrogen) atoms. The van der Waals surface area contributed by atoms with Crippen LogP contribution in [-0.4, -0.2) is 33.3 Å². The fraction of sp³-hybridized carbons (Fsp3) is 0.600. The van der Waals surface area contributed by atoms with E-state index in [1.165, 1.54) is 11.1 Å². The molecule has 0 amide bonds. The number of nitrogens with one attached hydrogen (secondary N) is 2. The maximum Gasteiger partial charge on any atom is 0.121 e. The Hall–Kier alpha value is -1.06. The van der Waals surface area contributed by atoms with E-state index in [0.29, 0.717) is 0 Å². The van der Waals surface area contributed by atoms with Crippen molar-refractivity contribution in [3.63, 3.8) is 0 Å². The topological polar surface area (TPSA) is 33.3 Å². The number of hydrogen-bond donors (Lipinski definition) is 2. The molecule has 1 aromatic carbocycles. The largest absolute Gasteiger partial charge is 0.496 e. The second-order valence-corrected chi connectivity index (χ2v) is 5.64. The van der Waals surface area contributed by atoms with Crippen LogP contribution in [0, 0.1) is 12.3 Å². The lowest BCUT2D eigenvalue weighted by Crippen LogP contribution is -2.37. The lowest BCUT2D eigenvalue weighted by Gasteiger charge is -2.28. The van der Waals surface area contributed by atoms with E-state index in [1.54, 1.807) is 7.11 Å². The Morgan fingerprint density at radius 1 is 1.22 bits per heavy atom. The van der Waals surface area contributed by atoms with Crippen molar-refractivity contribution in [1.29, 1.82) is 0 Å². The molecule has 1 fully saturated rings. The zero-order valence-electron chi connectivity index (χ0n) is 11.7. The van der Waals surface area contributed by atoms with Gasteiger partial charge >= 0.3 is 0 Å². The number of benzene rings is 1. The molecule has 0 radical (unpaired) electrons. The van der Waals surface area contributed by atoms with Crippen LogP contribution in [0.2, 0.25) is 0 Å². The molecule has 0 atom stereocenters. The minimum atomic E-state index is 0.289. The van der Waals surface area contributed by atoms with E-state index in [2.05, 4.69) is 42.7 Å². The van der Waals surface area contributed by atoms with E-state index in [-0.39, 0.29) is 5.41 Å². The quantitative estimate of drug-likeness (QED) is 0.855. The zero-order valence-corrected chi connectivity index (χ0v) is 11.7. The highest BCUT2D eigenvalue weighted by Gasteiger charge is 2.25. The lowest BCUT2D eigenvalue weighted by molar-refractivity contribution is 0.314. The maximum atomic E-state index is 5.31. The van der Waals surface area contributed by atoms with Gasteiger partial charge in [0.1, 0.15) is 5.75 Å². The van der Waals surface area contributed by atoms with Gasteiger partial charge in [0.05, 0.1) is 7.11 Å². The molecule has 1 aliphatic heterocycles. The summed E-state index contributed by atoms with van der Waals surface area (Å²) in [5, 5.41) is 7.02. The smallest absolute Gasteiger partial charge is 0.121 e. The Kier molecular flexibility index (Phi) is 4.25. The van der Waals surface area contributed by atoms with E-state index in [0.717, 1.165) is 38.3 Å². The first kappa shape index (κ1) is 13.4. The highest BCUT2D eigenvalue weighted by atomic mass is 16.5. The average Bonchev–Trinajstić information content (AvgIpc) is 2.54. The molecule has 1 saturated heterocycles. The molecular formula is C15H24N2O. The lowest BCUT2D eigenvalue weighted by atomic mass is 9.83. The minimum Gasteiger partial charge on any atom is -0.496 e. The highest BCUT2D eigenvalue weighted by Crippen LogP contribution is 2.25. The van der Waals surface area contributed by atoms with Gasteiger partial charge in [0.25, 0.3) is 0 Å². The molecule has 2 N–H and O–H groups in total. The summed E-state index contributed by atoms with van der Waals surface area (Å²) in [6.07, 6.45) is 1.10. The van der Waals surface area contributed by atoms with Crippen LogP contribution in [0.3, 0.4) is 0 Å². The van der Waals surface area contributed by atoms with Gasteiger partial charge in [-0.1, -0.05) is 19.1 Å². The maximum absolute atomic E-state index is 5.31. The summed E-state index contributed by atoms with van der Waals surface area (Å²) in [7, 11) is 1.72. The van der Waals surface area contributed by atoms with E-state index in [9.17, 15) is 0 Å². The first-order valence-electron chi connectivity index (χ1n) is 6.68. The van der Waals surface area contributed by atoms with E-state index in [1.807, 2.05) is 0 Å². The van der Waals surface area contributed by atoms with Crippen molar-refractivity contribution in [3.8, 4) is 5.75 Å². The molecule has 2 rings (SSSR count). The molecule has 0 aliphatic carbocycles. The number of methoxy groups -OCH3 is 1. The number of aryl methyl sites for hydroxylation is 1. The summed E-state index contributed by atoms with van der Waals surface area (Å²) in [4.78, 5) is 0. The fourth-order valence-electron chi connectivity index (χ4n) is 2.69. The molecular weight excluding hydrogens is 224 g/mol. The first-order valence-corrected chi connectivity index (χ1v) is 6.68. The predicted octanol–water partition coefficient (Wildman–Crippen LogP) is 1.75. The molecule has 1 aliphatic rings. The second-order valence-electron chi connectivity index (χ2n) is 5.64. The van der Waals surface area contributed by atoms with Crippen LogP contribution in [0.25, 0.3) is 0 Å². The molecule has 3 heteroatoms. The van der Waals surface area contributed by atoms with Crippen LogP contribution in [0.1, 0.15) is 18.1 Å². The minimum absolute atomic E-state index is 0.289. The van der Waals surface area contributed by atoms with Crippen LogP contribution >= 0.6 is 0 Å². The Balaban J connectivity index is 2.10. The summed E-state index contributed by atoms with van der Waals surface area (Å²) in [6.45, 7) is 8.73. The van der Waals surface area contributed by atoms with Crippen molar-refractivity contribution in [2.24, 2.45) is 5.41 Å². The Morgan fingerprint density at radius 2 is 1.89 bits per heavy atom. The van der Waals surface area contributed by atoms with Crippen molar-refractivity contribution in [1.82, 2.24) is 10.6 Å². The van der Waals surface area contributed by atoms with E-state index >= 15 is 0 Å². The monoisotopic (exact) mass is 248 g/mol. The van der Waals surface area contributed by atoms with Crippen molar-refractivity contribution >= 4 is 0 Å². The summed E-state index contributed by atoms with van der Waals surface area (Å²) in [6, 6.07) is 6.50. The number of hydrogen-bond acceptors (Lipinski definition) is 3. The Bertz CT molecular complexity index is 395. The van der Waals surface area contributed by atoms with Crippen LogP contribution in [0.15, 0.2) is 18.2 Å². The normalized spacial score (nSPS) is 19.3. The summed E-state index contributed by atoms with van der Waals surface area (Å²) < 4.78 is 5.31. The van der Waals surface area contributed by atoms with Gasteiger partial charge in [-0.05, 0) is 36.0 Å². The van der Waals surface area contributed by atoms with Gasteiger partial charge in [0, 0.05) is 26.2 Å². The van der Waals surface area contributed by atoms with Gasteiger partial charge in [-0.15, -0.1) is 0 Å². The molecule has 3 nitrogen and oxygen atoms in total. The third kappa shape index (κ3) is 3.24. The predicted molar refractivity (Wildman–Crippen MR) is 75.3 cm³/mol. The van der Waals surface area contributed by atoms with Crippen LogP contribution in [0.4, 0.5) is 0 Å². The summed E-state index contributed by atoms with van der Waals surface area (Å²) in [5.74, 6) is 0.973. The van der Waals surface area contributed by atoms with Gasteiger partial charge in [-0.3, -0.25) is 0 Å². The van der Waals surface area contributed by atoms with Gasteiger partial charge in [-0.2, -0.15) is 0 Å². The van der Waals surface area contributed by atoms with Gasteiger partial charge < -0.3 is 15.4 Å². The van der Waals surface area contributed by atoms with Gasteiger partial charge in [-0.25, -0.2) is 0 Å². The second kappa shape index (κ2) is 5.72. The van der Waals surface area contributed by atoms with Crippen molar-refractivity contribution in [2.45, 2.75) is 20.3 Å².